The van der Waals surface area contributed by atoms with Gasteiger partial charge in [-0.2, -0.15) is 0 Å². The molecule has 4 nitrogen and oxygen atoms in total. The maximum atomic E-state index is 5.36. The van der Waals surface area contributed by atoms with E-state index in [1.165, 1.54) is 0 Å². The number of hydrogen-bond acceptors (Lipinski definition) is 4. The minimum absolute atomic E-state index is 0.444. The molecule has 0 spiro atoms. The zero-order valence-electron chi connectivity index (χ0n) is 10.1. The molecule has 1 N–H and O–H groups in total. The lowest BCUT2D eigenvalue weighted by atomic mass is 9.99. The first-order valence-electron chi connectivity index (χ1n) is 6.15. The number of nitrogens with one attached hydrogen (secondary N) is 1. The monoisotopic (exact) mass is 299 g/mol. The van der Waals surface area contributed by atoms with Gasteiger partial charge in [-0.3, -0.25) is 0 Å². The minimum Gasteiger partial charge on any atom is -0.381 e. The van der Waals surface area contributed by atoms with Crippen LogP contribution in [-0.2, 0) is 4.74 Å². The predicted molar refractivity (Wildman–Crippen MR) is 71.3 cm³/mol. The van der Waals surface area contributed by atoms with Crippen molar-refractivity contribution in [3.63, 3.8) is 0 Å². The normalized spacial score (nSPS) is 17.1. The van der Waals surface area contributed by atoms with E-state index in [-0.39, 0.29) is 0 Å². The van der Waals surface area contributed by atoms with Gasteiger partial charge in [-0.05, 0) is 35.2 Å². The molecule has 1 aliphatic rings. The SMILES string of the molecule is CCCNc1nc(C2CCOCC2)ncc1Br. The summed E-state index contributed by atoms with van der Waals surface area (Å²) in [5.41, 5.74) is 0. The van der Waals surface area contributed by atoms with Crippen LogP contribution in [0.15, 0.2) is 10.7 Å². The fraction of sp³-hybridized carbons (Fsp3) is 0.667. The average molecular weight is 300 g/mol. The third kappa shape index (κ3) is 3.39. The van der Waals surface area contributed by atoms with Gasteiger partial charge in [-0.15, -0.1) is 0 Å². The molecule has 2 rings (SSSR count). The van der Waals surface area contributed by atoms with Crippen molar-refractivity contribution in [3.05, 3.63) is 16.5 Å². The van der Waals surface area contributed by atoms with Crippen molar-refractivity contribution >= 4 is 21.7 Å². The van der Waals surface area contributed by atoms with Crippen LogP contribution in [0.4, 0.5) is 5.82 Å². The van der Waals surface area contributed by atoms with E-state index in [1.807, 2.05) is 6.20 Å². The van der Waals surface area contributed by atoms with Gasteiger partial charge in [-0.1, -0.05) is 6.92 Å². The molecule has 0 amide bonds. The molecule has 0 saturated carbocycles. The quantitative estimate of drug-likeness (QED) is 0.928. The van der Waals surface area contributed by atoms with Gasteiger partial charge in [0.15, 0.2) is 0 Å². The van der Waals surface area contributed by atoms with Gasteiger partial charge in [0.1, 0.15) is 11.6 Å². The Morgan fingerprint density at radius 1 is 1.47 bits per heavy atom. The first-order valence-corrected chi connectivity index (χ1v) is 6.94. The number of halogens is 1. The summed E-state index contributed by atoms with van der Waals surface area (Å²) >= 11 is 3.47. The predicted octanol–water partition coefficient (Wildman–Crippen LogP) is 2.96. The lowest BCUT2D eigenvalue weighted by Gasteiger charge is -2.21. The third-order valence-electron chi connectivity index (χ3n) is 2.89. The van der Waals surface area contributed by atoms with Crippen molar-refractivity contribution in [2.24, 2.45) is 0 Å². The maximum absolute atomic E-state index is 5.36. The summed E-state index contributed by atoms with van der Waals surface area (Å²) < 4.78 is 6.29. The molecule has 1 aliphatic heterocycles. The topological polar surface area (TPSA) is 47.0 Å². The third-order valence-corrected chi connectivity index (χ3v) is 3.47. The van der Waals surface area contributed by atoms with E-state index in [9.17, 15) is 0 Å². The molecule has 0 aromatic carbocycles. The fourth-order valence-electron chi connectivity index (χ4n) is 1.90. The van der Waals surface area contributed by atoms with Gasteiger partial charge < -0.3 is 10.1 Å². The van der Waals surface area contributed by atoms with Crippen LogP contribution in [0.2, 0.25) is 0 Å². The number of hydrogen-bond donors (Lipinski definition) is 1. The van der Waals surface area contributed by atoms with Crippen LogP contribution >= 0.6 is 15.9 Å². The van der Waals surface area contributed by atoms with Crippen molar-refractivity contribution in [1.82, 2.24) is 9.97 Å². The van der Waals surface area contributed by atoms with Crippen LogP contribution in [0.1, 0.15) is 37.9 Å². The molecular formula is C12H18BrN3O. The van der Waals surface area contributed by atoms with Gasteiger partial charge in [0.25, 0.3) is 0 Å². The summed E-state index contributed by atoms with van der Waals surface area (Å²) in [5.74, 6) is 2.29. The molecule has 94 valence electrons. The molecule has 0 unspecified atom stereocenters. The number of rotatable bonds is 4. The molecule has 1 aromatic heterocycles. The summed E-state index contributed by atoms with van der Waals surface area (Å²) in [6.07, 6.45) is 4.97. The zero-order valence-corrected chi connectivity index (χ0v) is 11.7. The van der Waals surface area contributed by atoms with Crippen LogP contribution in [-0.4, -0.2) is 29.7 Å². The fourth-order valence-corrected chi connectivity index (χ4v) is 2.23. The Bertz CT molecular complexity index is 367. The Labute approximate surface area is 110 Å². The summed E-state index contributed by atoms with van der Waals surface area (Å²) in [5, 5.41) is 3.31. The molecule has 17 heavy (non-hydrogen) atoms. The molecule has 0 bridgehead atoms. The highest BCUT2D eigenvalue weighted by Crippen LogP contribution is 2.27. The van der Waals surface area contributed by atoms with Crippen molar-refractivity contribution < 1.29 is 4.74 Å². The van der Waals surface area contributed by atoms with Crippen LogP contribution < -0.4 is 5.32 Å². The van der Waals surface area contributed by atoms with E-state index < -0.39 is 0 Å². The second-order valence-corrected chi connectivity index (χ2v) is 5.09. The first-order chi connectivity index (χ1) is 8.31. The van der Waals surface area contributed by atoms with Crippen LogP contribution in [0.25, 0.3) is 0 Å². The standard InChI is InChI=1S/C12H18BrN3O/c1-2-5-14-12-10(13)8-15-11(16-12)9-3-6-17-7-4-9/h8-9H,2-7H2,1H3,(H,14,15,16). The smallest absolute Gasteiger partial charge is 0.144 e. The number of anilines is 1. The minimum atomic E-state index is 0.444. The zero-order chi connectivity index (χ0) is 12.1. The second kappa shape index (κ2) is 6.31. The Kier molecular flexibility index (Phi) is 4.74. The molecule has 5 heteroatoms. The average Bonchev–Trinajstić information content (AvgIpc) is 2.39. The summed E-state index contributed by atoms with van der Waals surface area (Å²) in [4.78, 5) is 9.03. The van der Waals surface area contributed by atoms with E-state index in [0.717, 1.165) is 55.1 Å². The highest BCUT2D eigenvalue weighted by atomic mass is 79.9. The molecule has 1 aromatic rings. The van der Waals surface area contributed by atoms with Gasteiger partial charge in [0.2, 0.25) is 0 Å². The summed E-state index contributed by atoms with van der Waals surface area (Å²) in [6.45, 7) is 4.72. The van der Waals surface area contributed by atoms with E-state index in [1.54, 1.807) is 0 Å². The van der Waals surface area contributed by atoms with E-state index in [0.29, 0.717) is 5.92 Å². The lowest BCUT2D eigenvalue weighted by molar-refractivity contribution is 0.0836. The van der Waals surface area contributed by atoms with Gasteiger partial charge in [-0.25, -0.2) is 9.97 Å². The molecule has 2 heterocycles. The maximum Gasteiger partial charge on any atom is 0.144 e. The highest BCUT2D eigenvalue weighted by molar-refractivity contribution is 9.10. The van der Waals surface area contributed by atoms with Gasteiger partial charge in [0, 0.05) is 31.9 Å². The molecule has 1 saturated heterocycles. The van der Waals surface area contributed by atoms with Crippen LogP contribution in [0.5, 0.6) is 0 Å². The molecule has 1 fully saturated rings. The summed E-state index contributed by atoms with van der Waals surface area (Å²) in [7, 11) is 0. The Balaban J connectivity index is 2.11. The first kappa shape index (κ1) is 12.8. The van der Waals surface area contributed by atoms with E-state index in [2.05, 4.69) is 38.1 Å². The van der Waals surface area contributed by atoms with Crippen molar-refractivity contribution in [3.8, 4) is 0 Å². The Hall–Kier alpha value is -0.680. The van der Waals surface area contributed by atoms with Gasteiger partial charge in [0.05, 0.1) is 4.47 Å². The Morgan fingerprint density at radius 2 is 2.24 bits per heavy atom. The largest absolute Gasteiger partial charge is 0.381 e. The molecular weight excluding hydrogens is 282 g/mol. The van der Waals surface area contributed by atoms with Crippen LogP contribution in [0.3, 0.4) is 0 Å². The molecule has 0 aliphatic carbocycles. The van der Waals surface area contributed by atoms with Crippen LogP contribution in [0, 0.1) is 0 Å². The van der Waals surface area contributed by atoms with E-state index >= 15 is 0 Å². The second-order valence-electron chi connectivity index (χ2n) is 4.24. The number of aromatic nitrogens is 2. The molecule has 0 radical (unpaired) electrons. The van der Waals surface area contributed by atoms with E-state index in [4.69, 9.17) is 4.74 Å². The lowest BCUT2D eigenvalue weighted by Crippen LogP contribution is -2.17. The summed E-state index contributed by atoms with van der Waals surface area (Å²) in [6, 6.07) is 0. The number of ether oxygens (including phenoxy) is 1. The highest BCUT2D eigenvalue weighted by Gasteiger charge is 2.19. The van der Waals surface area contributed by atoms with Crippen molar-refractivity contribution in [1.29, 1.82) is 0 Å². The van der Waals surface area contributed by atoms with Gasteiger partial charge >= 0.3 is 0 Å². The molecule has 0 atom stereocenters. The number of nitrogens with zero attached hydrogens (tertiary/aromatic N) is 2. The van der Waals surface area contributed by atoms with Crippen molar-refractivity contribution in [2.45, 2.75) is 32.1 Å². The van der Waals surface area contributed by atoms with Crippen molar-refractivity contribution in [2.75, 3.05) is 25.1 Å². The Morgan fingerprint density at radius 3 is 2.94 bits per heavy atom.